The van der Waals surface area contributed by atoms with E-state index in [-0.39, 0.29) is 25.7 Å². The van der Waals surface area contributed by atoms with Crippen molar-refractivity contribution in [3.05, 3.63) is 0 Å². The van der Waals surface area contributed by atoms with Crippen molar-refractivity contribution in [2.45, 2.75) is 452 Å². The van der Waals surface area contributed by atoms with E-state index in [0.717, 1.165) is 108 Å². The number of ether oxygens (including phenoxy) is 4. The van der Waals surface area contributed by atoms with Crippen LogP contribution in [0, 0.1) is 17.8 Å². The maximum Gasteiger partial charge on any atom is 0.472 e. The Morgan fingerprint density at radius 3 is 0.745 bits per heavy atom. The number of hydrogen-bond acceptors (Lipinski definition) is 15. The number of carbonyl (C=O) groups is 4. The quantitative estimate of drug-likeness (QED) is 0.0222. The lowest BCUT2D eigenvalue weighted by Gasteiger charge is -2.21. The van der Waals surface area contributed by atoms with Crippen LogP contribution in [0.3, 0.4) is 0 Å². The minimum Gasteiger partial charge on any atom is -0.462 e. The van der Waals surface area contributed by atoms with E-state index < -0.39 is 97.5 Å². The minimum atomic E-state index is -4.96. The molecule has 4 unspecified atom stereocenters. The molecular weight excluding hydrogens is 1330 g/mol. The van der Waals surface area contributed by atoms with Crippen LogP contribution in [-0.4, -0.2) is 96.7 Å². The van der Waals surface area contributed by atoms with Crippen LogP contribution in [0.15, 0.2) is 0 Å². The number of esters is 4. The van der Waals surface area contributed by atoms with E-state index in [1.54, 1.807) is 0 Å². The molecule has 0 aromatic heterocycles. The van der Waals surface area contributed by atoms with Gasteiger partial charge in [0.15, 0.2) is 12.2 Å². The van der Waals surface area contributed by atoms with E-state index in [0.29, 0.717) is 25.7 Å². The minimum absolute atomic E-state index is 0.106. The van der Waals surface area contributed by atoms with Crippen molar-refractivity contribution in [2.75, 3.05) is 39.6 Å². The molecule has 0 amide bonds. The van der Waals surface area contributed by atoms with Gasteiger partial charge < -0.3 is 33.8 Å². The molecule has 0 bridgehead atoms. The van der Waals surface area contributed by atoms with Gasteiger partial charge >= 0.3 is 39.5 Å². The Morgan fingerprint density at radius 1 is 0.284 bits per heavy atom. The smallest absolute Gasteiger partial charge is 0.462 e. The summed E-state index contributed by atoms with van der Waals surface area (Å²) in [5.74, 6) is 0.292. The zero-order chi connectivity index (χ0) is 75.1. The molecule has 0 heterocycles. The lowest BCUT2D eigenvalue weighted by atomic mass is 9.99. The molecule has 0 aromatic carbocycles. The third-order valence-corrected chi connectivity index (χ3v) is 22.0. The summed E-state index contributed by atoms with van der Waals surface area (Å²) in [5.41, 5.74) is 0. The molecule has 0 aromatic rings. The fraction of sp³-hybridized carbons (Fsp3) is 0.952. The van der Waals surface area contributed by atoms with Gasteiger partial charge in [-0.3, -0.25) is 37.3 Å². The van der Waals surface area contributed by atoms with Crippen molar-refractivity contribution in [1.29, 1.82) is 0 Å². The monoisotopic (exact) mass is 1490 g/mol. The average Bonchev–Trinajstić information content (AvgIpc) is 0.919. The summed E-state index contributed by atoms with van der Waals surface area (Å²) in [7, 11) is -9.92. The van der Waals surface area contributed by atoms with Crippen LogP contribution >= 0.6 is 15.6 Å². The van der Waals surface area contributed by atoms with Crippen LogP contribution in [0.4, 0.5) is 0 Å². The van der Waals surface area contributed by atoms with E-state index in [2.05, 4.69) is 48.5 Å². The molecule has 7 atom stereocenters. The van der Waals surface area contributed by atoms with Crippen LogP contribution in [-0.2, 0) is 65.4 Å². The summed E-state index contributed by atoms with van der Waals surface area (Å²) in [6.07, 6.45) is 62.3. The molecule has 0 radical (unpaired) electrons. The van der Waals surface area contributed by atoms with Gasteiger partial charge in [0.05, 0.1) is 26.4 Å². The molecular formula is C83H162O17P2. The van der Waals surface area contributed by atoms with Crippen LogP contribution < -0.4 is 0 Å². The van der Waals surface area contributed by atoms with Gasteiger partial charge in [-0.25, -0.2) is 9.13 Å². The zero-order valence-corrected chi connectivity index (χ0v) is 68.9. The van der Waals surface area contributed by atoms with E-state index >= 15 is 0 Å². The molecule has 17 nitrogen and oxygen atoms in total. The first-order chi connectivity index (χ1) is 49.3. The lowest BCUT2D eigenvalue weighted by Crippen LogP contribution is -2.30. The Labute approximate surface area is 626 Å². The maximum atomic E-state index is 13.1. The fourth-order valence-electron chi connectivity index (χ4n) is 12.8. The Bertz CT molecular complexity index is 1980. The number of aliphatic hydroxyl groups is 1. The van der Waals surface area contributed by atoms with E-state index in [9.17, 15) is 43.2 Å². The normalized spacial score (nSPS) is 14.5. The summed E-state index contributed by atoms with van der Waals surface area (Å²) in [6, 6.07) is 0. The molecule has 19 heteroatoms. The molecule has 102 heavy (non-hydrogen) atoms. The Balaban J connectivity index is 5.23. The Morgan fingerprint density at radius 2 is 0.500 bits per heavy atom. The molecule has 0 saturated heterocycles. The second kappa shape index (κ2) is 73.2. The summed E-state index contributed by atoms with van der Waals surface area (Å²) >= 11 is 0. The highest BCUT2D eigenvalue weighted by Gasteiger charge is 2.30. The highest BCUT2D eigenvalue weighted by Crippen LogP contribution is 2.45. The number of unbranched alkanes of at least 4 members (excludes halogenated alkanes) is 47. The SMILES string of the molecule is CCCCCCCCCCCCCCCCCC(=O)OC[C@H](COP(=O)(O)OC[C@@H](O)COP(=O)(O)OC[C@@H](COC(=O)CCCCCCCCCCC(C)CC)OC(=O)CCCCCCCCCCCCC(C)C)OC(=O)CCCCCCCCCCCCCCCCCCCCC(C)CC. The number of phosphoric ester groups is 2. The van der Waals surface area contributed by atoms with Crippen molar-refractivity contribution in [3.63, 3.8) is 0 Å². The Hall–Kier alpha value is -1.94. The third kappa shape index (κ3) is 73.6. The number of rotatable bonds is 81. The molecule has 0 saturated carbocycles. The van der Waals surface area contributed by atoms with Crippen molar-refractivity contribution in [3.8, 4) is 0 Å². The van der Waals surface area contributed by atoms with Crippen LogP contribution in [0.1, 0.15) is 434 Å². The van der Waals surface area contributed by atoms with E-state index in [1.807, 2.05) is 0 Å². The molecule has 0 aliphatic carbocycles. The number of aliphatic hydroxyl groups excluding tert-OH is 1. The summed E-state index contributed by atoms with van der Waals surface area (Å²) < 4.78 is 68.8. The van der Waals surface area contributed by atoms with Crippen molar-refractivity contribution < 1.29 is 80.2 Å². The predicted molar refractivity (Wildman–Crippen MR) is 418 cm³/mol. The first-order valence-corrected chi connectivity index (χ1v) is 45.9. The summed E-state index contributed by atoms with van der Waals surface area (Å²) in [4.78, 5) is 73.1. The fourth-order valence-corrected chi connectivity index (χ4v) is 14.4. The topological polar surface area (TPSA) is 237 Å². The van der Waals surface area contributed by atoms with Gasteiger partial charge in [0, 0.05) is 25.7 Å². The van der Waals surface area contributed by atoms with Crippen molar-refractivity contribution >= 4 is 39.5 Å². The molecule has 0 aliphatic rings. The zero-order valence-electron chi connectivity index (χ0n) is 67.1. The highest BCUT2D eigenvalue weighted by atomic mass is 31.2. The predicted octanol–water partition coefficient (Wildman–Crippen LogP) is 24.9. The molecule has 0 fully saturated rings. The molecule has 0 aliphatic heterocycles. The van der Waals surface area contributed by atoms with Gasteiger partial charge in [-0.05, 0) is 43.4 Å². The number of phosphoric acid groups is 2. The van der Waals surface area contributed by atoms with Gasteiger partial charge in [0.2, 0.25) is 0 Å². The van der Waals surface area contributed by atoms with Gasteiger partial charge in [-0.1, -0.05) is 382 Å². The van der Waals surface area contributed by atoms with Gasteiger partial charge in [0.1, 0.15) is 19.3 Å². The van der Waals surface area contributed by atoms with E-state index in [1.165, 1.54) is 244 Å². The van der Waals surface area contributed by atoms with Gasteiger partial charge in [-0.15, -0.1) is 0 Å². The number of hydrogen-bond donors (Lipinski definition) is 3. The van der Waals surface area contributed by atoms with Gasteiger partial charge in [-0.2, -0.15) is 0 Å². The van der Waals surface area contributed by atoms with Crippen molar-refractivity contribution in [2.24, 2.45) is 17.8 Å². The third-order valence-electron chi connectivity index (χ3n) is 20.1. The van der Waals surface area contributed by atoms with Crippen molar-refractivity contribution in [1.82, 2.24) is 0 Å². The van der Waals surface area contributed by atoms with Gasteiger partial charge in [0.25, 0.3) is 0 Å². The van der Waals surface area contributed by atoms with Crippen LogP contribution in [0.5, 0.6) is 0 Å². The number of carbonyl (C=O) groups excluding carboxylic acids is 4. The molecule has 606 valence electrons. The second-order valence-electron chi connectivity index (χ2n) is 30.8. The Kier molecular flexibility index (Phi) is 71.8. The molecule has 3 N–H and O–H groups in total. The lowest BCUT2D eigenvalue weighted by molar-refractivity contribution is -0.161. The summed E-state index contributed by atoms with van der Waals surface area (Å²) in [6.45, 7) is 12.0. The highest BCUT2D eigenvalue weighted by molar-refractivity contribution is 7.47. The molecule has 0 rings (SSSR count). The molecule has 0 spiro atoms. The average molecular weight is 1490 g/mol. The first-order valence-electron chi connectivity index (χ1n) is 42.9. The van der Waals surface area contributed by atoms with E-state index in [4.69, 9.17) is 37.0 Å². The maximum absolute atomic E-state index is 13.1. The van der Waals surface area contributed by atoms with Crippen LogP contribution in [0.2, 0.25) is 0 Å². The summed E-state index contributed by atoms with van der Waals surface area (Å²) in [5, 5.41) is 10.7. The second-order valence-corrected chi connectivity index (χ2v) is 33.7. The largest absolute Gasteiger partial charge is 0.472 e. The standard InChI is InChI=1S/C83H162O17P2/c1-8-11-12-13-14-15-16-17-22-26-29-35-43-50-57-64-80(85)93-70-78(99-82(87)66-59-52-45-36-30-27-24-21-19-18-20-23-25-28-34-41-48-55-62-75(6)9-2)72-97-101(89,90)95-68-77(84)69-96-102(91,92)98-73-79(71-94-81(86)65-58-51-44-39-38-42-49-56-63-76(7)10-3)100-83(88)67-60-53-46-37-32-31-33-40-47-54-61-74(4)5/h74-79,84H,8-73H2,1-7H3,(H,89,90)(H,91,92)/t75?,76?,77-,78-,79-/m1/s1. The van der Waals surface area contributed by atoms with Crippen LogP contribution in [0.25, 0.3) is 0 Å². The first kappa shape index (κ1) is 100.